The highest BCUT2D eigenvalue weighted by Crippen LogP contribution is 2.21. The minimum atomic E-state index is 0.157. The Balaban J connectivity index is 2.39. The normalized spacial score (nSPS) is 11.5. The second-order valence-electron chi connectivity index (χ2n) is 3.21. The van der Waals surface area contributed by atoms with Crippen LogP contribution in [-0.4, -0.2) is 32.2 Å². The molecule has 0 N–H and O–H groups in total. The third-order valence-electron chi connectivity index (χ3n) is 2.09. The van der Waals surface area contributed by atoms with Gasteiger partial charge in [0, 0.05) is 5.33 Å². The lowest BCUT2D eigenvalue weighted by Gasteiger charge is -1.98. The van der Waals surface area contributed by atoms with Crippen molar-refractivity contribution in [3.63, 3.8) is 0 Å². The lowest BCUT2D eigenvalue weighted by Crippen LogP contribution is -1.95. The zero-order chi connectivity index (χ0) is 12.3. The van der Waals surface area contributed by atoms with Crippen molar-refractivity contribution in [2.24, 2.45) is 0 Å². The average Bonchev–Trinajstić information content (AvgIpc) is 2.71. The van der Waals surface area contributed by atoms with Crippen molar-refractivity contribution in [3.05, 3.63) is 23.6 Å². The summed E-state index contributed by atoms with van der Waals surface area (Å²) in [5.74, 6) is 0.392. The molecule has 0 aliphatic heterocycles. The van der Waals surface area contributed by atoms with Crippen molar-refractivity contribution in [2.45, 2.75) is 6.54 Å². The van der Waals surface area contributed by atoms with Crippen molar-refractivity contribution in [1.29, 1.82) is 0 Å². The topological polar surface area (TPSA) is 52.8 Å². The summed E-state index contributed by atoms with van der Waals surface area (Å²) >= 11 is 9.09. The average molecular weight is 318 g/mol. The maximum Gasteiger partial charge on any atom is 0.246 e. The van der Waals surface area contributed by atoms with E-state index in [1.165, 1.54) is 7.11 Å². The minimum Gasteiger partial charge on any atom is -0.479 e. The van der Waals surface area contributed by atoms with Crippen LogP contribution in [-0.2, 0) is 6.54 Å². The first-order chi connectivity index (χ1) is 8.24. The van der Waals surface area contributed by atoms with Crippen LogP contribution in [0.25, 0.3) is 11.0 Å². The molecule has 0 bridgehead atoms. The Labute approximate surface area is 112 Å². The van der Waals surface area contributed by atoms with Gasteiger partial charge in [0.2, 0.25) is 11.2 Å². The van der Waals surface area contributed by atoms with E-state index < -0.39 is 0 Å². The molecule has 5 nitrogen and oxygen atoms in total. The number of nitrogens with zero attached hydrogens (tertiary/aromatic N) is 4. The maximum absolute atomic E-state index is 5.78. The predicted octanol–water partition coefficient (Wildman–Crippen LogP) is 2.44. The molecule has 17 heavy (non-hydrogen) atoms. The quantitative estimate of drug-likeness (QED) is 0.494. The van der Waals surface area contributed by atoms with Crippen LogP contribution in [0.3, 0.4) is 0 Å². The second-order valence-corrected chi connectivity index (χ2v) is 4.20. The third-order valence-corrected chi connectivity index (χ3v) is 2.64. The van der Waals surface area contributed by atoms with Gasteiger partial charge in [-0.05, 0) is 11.6 Å². The molecule has 7 heteroatoms. The summed E-state index contributed by atoms with van der Waals surface area (Å²) in [6, 6.07) is 0. The van der Waals surface area contributed by atoms with E-state index >= 15 is 0 Å². The Morgan fingerprint density at radius 2 is 2.29 bits per heavy atom. The Hall–Kier alpha value is -1.14. The van der Waals surface area contributed by atoms with Crippen LogP contribution in [0.2, 0.25) is 5.28 Å². The van der Waals surface area contributed by atoms with Crippen LogP contribution in [0, 0.1) is 0 Å². The largest absolute Gasteiger partial charge is 0.479 e. The van der Waals surface area contributed by atoms with Crippen LogP contribution in [0.5, 0.6) is 5.88 Å². The number of methoxy groups -OCH3 is 1. The molecule has 2 aromatic heterocycles. The van der Waals surface area contributed by atoms with E-state index in [-0.39, 0.29) is 5.28 Å². The van der Waals surface area contributed by atoms with Crippen LogP contribution >= 0.6 is 27.5 Å². The molecule has 0 saturated carbocycles. The van der Waals surface area contributed by atoms with Crippen molar-refractivity contribution in [3.8, 4) is 5.88 Å². The minimum absolute atomic E-state index is 0.157. The molecule has 0 amide bonds. The Kier molecular flexibility index (Phi) is 3.96. The van der Waals surface area contributed by atoms with Crippen molar-refractivity contribution in [1.82, 2.24) is 19.7 Å². The molecule has 0 aliphatic carbocycles. The summed E-state index contributed by atoms with van der Waals surface area (Å²) in [5.41, 5.74) is 1.29. The fourth-order valence-corrected chi connectivity index (χ4v) is 1.82. The smallest absolute Gasteiger partial charge is 0.246 e. The number of rotatable bonds is 4. The van der Waals surface area contributed by atoms with Gasteiger partial charge in [-0.1, -0.05) is 28.1 Å². The molecule has 90 valence electrons. The van der Waals surface area contributed by atoms with E-state index in [2.05, 4.69) is 31.0 Å². The van der Waals surface area contributed by atoms with Gasteiger partial charge >= 0.3 is 0 Å². The zero-order valence-corrected chi connectivity index (χ0v) is 11.4. The summed E-state index contributed by atoms with van der Waals surface area (Å²) in [6.45, 7) is 0.669. The molecule has 2 heterocycles. The van der Waals surface area contributed by atoms with E-state index in [9.17, 15) is 0 Å². The highest BCUT2D eigenvalue weighted by molar-refractivity contribution is 9.09. The van der Waals surface area contributed by atoms with Crippen LogP contribution in [0.15, 0.2) is 18.3 Å². The molecule has 2 rings (SSSR count). The number of hydrogen-bond acceptors (Lipinski definition) is 4. The summed E-state index contributed by atoms with van der Waals surface area (Å²) in [4.78, 5) is 8.05. The first-order valence-corrected chi connectivity index (χ1v) is 6.40. The molecule has 0 spiro atoms. The van der Waals surface area contributed by atoms with Gasteiger partial charge in [0.1, 0.15) is 5.52 Å². The number of fused-ring (bicyclic) bond motifs is 1. The Morgan fingerprint density at radius 3 is 3.00 bits per heavy atom. The lowest BCUT2D eigenvalue weighted by atomic mass is 10.4. The number of ether oxygens (including phenoxy) is 1. The first kappa shape index (κ1) is 12.3. The van der Waals surface area contributed by atoms with Crippen LogP contribution in [0.1, 0.15) is 0 Å². The zero-order valence-electron chi connectivity index (χ0n) is 9.10. The van der Waals surface area contributed by atoms with E-state index in [0.717, 1.165) is 5.33 Å². The van der Waals surface area contributed by atoms with Gasteiger partial charge in [-0.25, -0.2) is 4.98 Å². The molecule has 0 saturated heterocycles. The van der Waals surface area contributed by atoms with E-state index in [1.54, 1.807) is 4.68 Å². The predicted molar refractivity (Wildman–Crippen MR) is 69.8 cm³/mol. The number of hydrogen-bond donors (Lipinski definition) is 0. The maximum atomic E-state index is 5.78. The standard InChI is InChI=1S/C10H10BrClN4O/c1-17-9-8-7(13-10(12)14-9)6-16(15-8)5-3-2-4-11/h2-3,6H,4-5H2,1H3/b3-2+. The number of halogens is 2. The van der Waals surface area contributed by atoms with Crippen molar-refractivity contribution < 1.29 is 4.74 Å². The van der Waals surface area contributed by atoms with Crippen LogP contribution in [0.4, 0.5) is 0 Å². The highest BCUT2D eigenvalue weighted by Gasteiger charge is 2.10. The molecular weight excluding hydrogens is 307 g/mol. The van der Waals surface area contributed by atoms with Gasteiger partial charge in [-0.3, -0.25) is 4.68 Å². The van der Waals surface area contributed by atoms with E-state index in [0.29, 0.717) is 23.5 Å². The lowest BCUT2D eigenvalue weighted by molar-refractivity contribution is 0.401. The van der Waals surface area contributed by atoms with Gasteiger partial charge in [0.15, 0.2) is 5.52 Å². The first-order valence-electron chi connectivity index (χ1n) is 4.90. The van der Waals surface area contributed by atoms with Gasteiger partial charge < -0.3 is 4.74 Å². The van der Waals surface area contributed by atoms with Gasteiger partial charge in [0.05, 0.1) is 19.9 Å². The van der Waals surface area contributed by atoms with Crippen LogP contribution < -0.4 is 4.74 Å². The molecule has 0 atom stereocenters. The number of allylic oxidation sites excluding steroid dienone is 2. The molecule has 0 unspecified atom stereocenters. The Morgan fingerprint density at radius 1 is 1.47 bits per heavy atom. The van der Waals surface area contributed by atoms with Crippen molar-refractivity contribution in [2.75, 3.05) is 12.4 Å². The fraction of sp³-hybridized carbons (Fsp3) is 0.300. The monoisotopic (exact) mass is 316 g/mol. The molecule has 0 aliphatic rings. The molecule has 0 radical (unpaired) electrons. The molecular formula is C10H10BrClN4O. The van der Waals surface area contributed by atoms with E-state index in [1.807, 2.05) is 18.3 Å². The number of aromatic nitrogens is 4. The summed E-state index contributed by atoms with van der Waals surface area (Å²) in [5, 5.41) is 5.32. The van der Waals surface area contributed by atoms with Gasteiger partial charge in [-0.2, -0.15) is 10.1 Å². The third kappa shape index (κ3) is 2.76. The number of alkyl halides is 1. The van der Waals surface area contributed by atoms with Gasteiger partial charge in [-0.15, -0.1) is 0 Å². The SMILES string of the molecule is COc1nc(Cl)nc2cn(C/C=C/CBr)nc12. The summed E-state index contributed by atoms with van der Waals surface area (Å²) in [7, 11) is 1.53. The Bertz CT molecular complexity index is 554. The highest BCUT2D eigenvalue weighted by atomic mass is 79.9. The fourth-order valence-electron chi connectivity index (χ4n) is 1.39. The second kappa shape index (κ2) is 5.46. The molecule has 0 fully saturated rings. The van der Waals surface area contributed by atoms with E-state index in [4.69, 9.17) is 16.3 Å². The van der Waals surface area contributed by atoms with Gasteiger partial charge in [0.25, 0.3) is 0 Å². The summed E-state index contributed by atoms with van der Waals surface area (Å²) < 4.78 is 6.87. The summed E-state index contributed by atoms with van der Waals surface area (Å²) in [6.07, 6.45) is 5.81. The van der Waals surface area contributed by atoms with Crippen molar-refractivity contribution >= 4 is 38.6 Å². The molecule has 2 aromatic rings. The molecule has 0 aromatic carbocycles.